The Labute approximate surface area is 188 Å². The lowest BCUT2D eigenvalue weighted by Gasteiger charge is -2.34. The molecule has 3 aromatic heterocycles. The number of anilines is 2. The molecule has 0 amide bonds. The summed E-state index contributed by atoms with van der Waals surface area (Å²) in [5.41, 5.74) is 4.02. The first-order chi connectivity index (χ1) is 15.8. The monoisotopic (exact) mass is 422 g/mol. The minimum absolute atomic E-state index is 0.156. The van der Waals surface area contributed by atoms with Crippen LogP contribution in [-0.2, 0) is 6.54 Å². The molecule has 0 saturated carbocycles. The first-order valence-corrected chi connectivity index (χ1v) is 11.1. The number of benzene rings is 1. The average molecular weight is 423 g/mol. The molecule has 4 aromatic rings. The molecule has 160 valence electrons. The van der Waals surface area contributed by atoms with Crippen molar-refractivity contribution in [2.75, 3.05) is 11.9 Å². The smallest absolute Gasteiger partial charge is 0.148 e. The van der Waals surface area contributed by atoms with E-state index in [0.29, 0.717) is 0 Å². The van der Waals surface area contributed by atoms with Crippen LogP contribution in [-0.4, -0.2) is 31.4 Å². The summed E-state index contributed by atoms with van der Waals surface area (Å²) < 4.78 is 0. The van der Waals surface area contributed by atoms with Crippen LogP contribution in [0.5, 0.6) is 0 Å². The number of likely N-dealkylation sites (tertiary alicyclic amines) is 1. The fourth-order valence-corrected chi connectivity index (χ4v) is 4.19. The first-order valence-electron chi connectivity index (χ1n) is 11.1. The molecule has 0 aliphatic carbocycles. The molecular weight excluding hydrogens is 396 g/mol. The van der Waals surface area contributed by atoms with Gasteiger partial charge < -0.3 is 5.32 Å². The lowest BCUT2D eigenvalue weighted by atomic mass is 10.0. The van der Waals surface area contributed by atoms with Crippen molar-refractivity contribution in [3.05, 3.63) is 96.8 Å². The number of hydrogen-bond donors (Lipinski definition) is 1. The van der Waals surface area contributed by atoms with Gasteiger partial charge in [0.1, 0.15) is 11.6 Å². The number of nitrogens with zero attached hydrogens (tertiary/aromatic N) is 5. The third-order valence-corrected chi connectivity index (χ3v) is 5.77. The van der Waals surface area contributed by atoms with Crippen LogP contribution in [0.15, 0.2) is 85.3 Å². The summed E-state index contributed by atoms with van der Waals surface area (Å²) in [5, 5.41) is 3.46. The maximum atomic E-state index is 5.02. The van der Waals surface area contributed by atoms with Gasteiger partial charge in [0.15, 0.2) is 0 Å². The normalized spacial score (nSPS) is 16.6. The van der Waals surface area contributed by atoms with E-state index in [4.69, 9.17) is 9.97 Å². The van der Waals surface area contributed by atoms with Crippen molar-refractivity contribution in [1.82, 2.24) is 24.8 Å². The van der Waals surface area contributed by atoms with Crippen molar-refractivity contribution in [3.8, 4) is 11.3 Å². The maximum absolute atomic E-state index is 5.02. The van der Waals surface area contributed by atoms with E-state index in [9.17, 15) is 0 Å². The Kier molecular flexibility index (Phi) is 6.12. The van der Waals surface area contributed by atoms with Gasteiger partial charge in [-0.25, -0.2) is 9.97 Å². The van der Waals surface area contributed by atoms with E-state index in [0.717, 1.165) is 53.8 Å². The zero-order valence-corrected chi connectivity index (χ0v) is 17.9. The molecule has 1 atom stereocenters. The number of pyridine rings is 2. The molecule has 1 aliphatic heterocycles. The van der Waals surface area contributed by atoms with Crippen molar-refractivity contribution < 1.29 is 0 Å². The summed E-state index contributed by atoms with van der Waals surface area (Å²) in [5.74, 6) is 1.66. The van der Waals surface area contributed by atoms with Gasteiger partial charge >= 0.3 is 0 Å². The van der Waals surface area contributed by atoms with Crippen LogP contribution < -0.4 is 5.32 Å². The van der Waals surface area contributed by atoms with Crippen molar-refractivity contribution >= 4 is 11.5 Å². The van der Waals surface area contributed by atoms with Gasteiger partial charge in [-0.05, 0) is 55.8 Å². The number of piperidine rings is 1. The molecule has 6 heteroatoms. The molecule has 0 radical (unpaired) electrons. The van der Waals surface area contributed by atoms with Gasteiger partial charge in [-0.1, -0.05) is 30.7 Å². The standard InChI is InChI=1S/C26H26N6/c1-2-8-21(9-3-1)29-25-18-23(20-12-15-27-16-13-20)30-26(31-25)24-11-5-7-17-32(24)19-22-10-4-6-14-28-22/h1-4,6,8-10,12-16,18,24H,5,7,11,17,19H2,(H,29,30,31)/t24-/m1/s1. The molecule has 5 rings (SSSR count). The van der Waals surface area contributed by atoms with Crippen LogP contribution in [0.1, 0.15) is 36.8 Å². The van der Waals surface area contributed by atoms with Crippen molar-refractivity contribution in [3.63, 3.8) is 0 Å². The summed E-state index contributed by atoms with van der Waals surface area (Å²) >= 11 is 0. The van der Waals surface area contributed by atoms with Crippen molar-refractivity contribution in [2.45, 2.75) is 31.8 Å². The highest BCUT2D eigenvalue weighted by Crippen LogP contribution is 2.32. The van der Waals surface area contributed by atoms with E-state index in [1.165, 1.54) is 12.8 Å². The van der Waals surface area contributed by atoms with Crippen LogP contribution in [0.3, 0.4) is 0 Å². The Balaban J connectivity index is 1.51. The number of hydrogen-bond acceptors (Lipinski definition) is 6. The third-order valence-electron chi connectivity index (χ3n) is 5.77. The minimum atomic E-state index is 0.156. The topological polar surface area (TPSA) is 66.8 Å². The molecule has 1 fully saturated rings. The van der Waals surface area contributed by atoms with Gasteiger partial charge in [-0.2, -0.15) is 0 Å². The summed E-state index contributed by atoms with van der Waals surface area (Å²) in [7, 11) is 0. The Hall–Kier alpha value is -3.64. The second kappa shape index (κ2) is 9.66. The molecule has 0 unspecified atom stereocenters. The van der Waals surface area contributed by atoms with Crippen LogP contribution >= 0.6 is 0 Å². The second-order valence-corrected chi connectivity index (χ2v) is 8.03. The van der Waals surface area contributed by atoms with Gasteiger partial charge in [0, 0.05) is 42.5 Å². The van der Waals surface area contributed by atoms with Crippen molar-refractivity contribution in [1.29, 1.82) is 0 Å². The molecule has 1 aromatic carbocycles. The van der Waals surface area contributed by atoms with Gasteiger partial charge in [0.05, 0.1) is 17.4 Å². The van der Waals surface area contributed by atoms with Crippen LogP contribution in [0.25, 0.3) is 11.3 Å². The quantitative estimate of drug-likeness (QED) is 0.448. The Morgan fingerprint density at radius 2 is 1.72 bits per heavy atom. The Morgan fingerprint density at radius 3 is 2.53 bits per heavy atom. The molecule has 1 N–H and O–H groups in total. The lowest BCUT2D eigenvalue weighted by molar-refractivity contribution is 0.132. The predicted molar refractivity (Wildman–Crippen MR) is 126 cm³/mol. The van der Waals surface area contributed by atoms with Crippen LogP contribution in [0.4, 0.5) is 11.5 Å². The van der Waals surface area contributed by atoms with Gasteiger partial charge in [0.2, 0.25) is 0 Å². The van der Waals surface area contributed by atoms with E-state index < -0.39 is 0 Å². The van der Waals surface area contributed by atoms with E-state index in [1.54, 1.807) is 12.4 Å². The average Bonchev–Trinajstić information content (AvgIpc) is 2.86. The molecule has 0 spiro atoms. The third kappa shape index (κ3) is 4.81. The molecule has 1 aliphatic rings. The Bertz CT molecular complexity index is 1130. The summed E-state index contributed by atoms with van der Waals surface area (Å²) in [6.45, 7) is 1.82. The van der Waals surface area contributed by atoms with Gasteiger partial charge in [-0.3, -0.25) is 14.9 Å². The van der Waals surface area contributed by atoms with E-state index in [2.05, 4.69) is 26.3 Å². The van der Waals surface area contributed by atoms with Crippen LogP contribution in [0, 0.1) is 0 Å². The number of para-hydroxylation sites is 1. The number of rotatable bonds is 6. The summed E-state index contributed by atoms with van der Waals surface area (Å²) in [4.78, 5) is 21.1. The summed E-state index contributed by atoms with van der Waals surface area (Å²) in [6.07, 6.45) is 8.86. The fourth-order valence-electron chi connectivity index (χ4n) is 4.19. The Morgan fingerprint density at radius 1 is 0.875 bits per heavy atom. The molecule has 4 heterocycles. The SMILES string of the molecule is c1ccc(Nc2cc(-c3ccncc3)nc([C@H]3CCCCN3Cc3ccccn3)n2)cc1. The van der Waals surface area contributed by atoms with Crippen molar-refractivity contribution in [2.24, 2.45) is 0 Å². The minimum Gasteiger partial charge on any atom is -0.340 e. The molecular formula is C26H26N6. The molecule has 0 bridgehead atoms. The second-order valence-electron chi connectivity index (χ2n) is 8.03. The molecule has 32 heavy (non-hydrogen) atoms. The van der Waals surface area contributed by atoms with E-state index >= 15 is 0 Å². The number of aromatic nitrogens is 4. The lowest BCUT2D eigenvalue weighted by Crippen LogP contribution is -2.34. The van der Waals surface area contributed by atoms with Gasteiger partial charge in [-0.15, -0.1) is 0 Å². The zero-order valence-electron chi connectivity index (χ0n) is 17.9. The summed E-state index contributed by atoms with van der Waals surface area (Å²) in [6, 6.07) is 22.4. The van der Waals surface area contributed by atoms with E-state index in [1.807, 2.05) is 66.9 Å². The number of nitrogens with one attached hydrogen (secondary N) is 1. The largest absolute Gasteiger partial charge is 0.340 e. The predicted octanol–water partition coefficient (Wildman–Crippen LogP) is 5.40. The highest BCUT2D eigenvalue weighted by molar-refractivity contribution is 5.65. The molecule has 6 nitrogen and oxygen atoms in total. The van der Waals surface area contributed by atoms with Crippen LogP contribution in [0.2, 0.25) is 0 Å². The van der Waals surface area contributed by atoms with Gasteiger partial charge in [0.25, 0.3) is 0 Å². The highest BCUT2D eigenvalue weighted by atomic mass is 15.2. The molecule has 1 saturated heterocycles. The highest BCUT2D eigenvalue weighted by Gasteiger charge is 2.27. The van der Waals surface area contributed by atoms with E-state index in [-0.39, 0.29) is 6.04 Å². The fraction of sp³-hybridized carbons (Fsp3) is 0.231. The first kappa shape index (κ1) is 20.3. The maximum Gasteiger partial charge on any atom is 0.148 e. The zero-order chi connectivity index (χ0) is 21.6.